The molecule has 1 aliphatic heterocycles. The van der Waals surface area contributed by atoms with Crippen molar-refractivity contribution in [1.82, 2.24) is 9.78 Å². The molecule has 1 saturated heterocycles. The summed E-state index contributed by atoms with van der Waals surface area (Å²) in [7, 11) is -3.29. The van der Waals surface area contributed by atoms with Gasteiger partial charge in [-0.25, -0.2) is 8.42 Å². The number of primary amides is 1. The molecular weight excluding hydrogens is 356 g/mol. The Morgan fingerprint density at radius 1 is 1.42 bits per heavy atom. The predicted octanol–water partition coefficient (Wildman–Crippen LogP) is -0.685. The lowest BCUT2D eigenvalue weighted by molar-refractivity contribution is -0.736. The number of nitriles is 1. The number of amides is 1. The van der Waals surface area contributed by atoms with Crippen molar-refractivity contribution in [2.75, 3.05) is 24.7 Å². The molecule has 10 heteroatoms. The van der Waals surface area contributed by atoms with Crippen molar-refractivity contribution >= 4 is 27.2 Å². The van der Waals surface area contributed by atoms with Gasteiger partial charge in [0.15, 0.2) is 21.2 Å². The highest BCUT2D eigenvalue weighted by atomic mass is 32.2. The van der Waals surface area contributed by atoms with E-state index in [9.17, 15) is 13.2 Å². The number of carbonyl (C=O) groups excluding carboxylic acids is 1. The summed E-state index contributed by atoms with van der Waals surface area (Å²) >= 11 is 0. The molecule has 9 nitrogen and oxygen atoms in total. The van der Waals surface area contributed by atoms with E-state index in [1.807, 2.05) is 0 Å². The first-order valence-corrected chi connectivity index (χ1v) is 9.80. The van der Waals surface area contributed by atoms with Crippen molar-refractivity contribution in [3.05, 3.63) is 36.0 Å². The third-order valence-electron chi connectivity index (χ3n) is 4.47. The fourth-order valence-electron chi connectivity index (χ4n) is 2.85. The first-order chi connectivity index (χ1) is 12.2. The first-order valence-electron chi connectivity index (χ1n) is 7.91. The molecule has 0 saturated carbocycles. The van der Waals surface area contributed by atoms with Crippen molar-refractivity contribution in [3.63, 3.8) is 0 Å². The number of hydrogen-bond acceptors (Lipinski definition) is 6. The summed E-state index contributed by atoms with van der Waals surface area (Å²) in [6.07, 6.45) is 2.97. The van der Waals surface area contributed by atoms with Crippen molar-refractivity contribution < 1.29 is 18.5 Å². The number of anilines is 2. The van der Waals surface area contributed by atoms with Crippen LogP contribution in [0, 0.1) is 11.3 Å². The summed E-state index contributed by atoms with van der Waals surface area (Å²) in [5.74, 6) is -0.365. The van der Waals surface area contributed by atoms with Gasteiger partial charge in [0, 0.05) is 18.1 Å². The van der Waals surface area contributed by atoms with Crippen LogP contribution in [-0.2, 0) is 15.4 Å². The zero-order chi connectivity index (χ0) is 18.9. The molecule has 3 rings (SSSR count). The van der Waals surface area contributed by atoms with Crippen LogP contribution in [0.15, 0.2) is 35.4 Å². The van der Waals surface area contributed by atoms with Crippen LogP contribution in [0.25, 0.3) is 0 Å². The van der Waals surface area contributed by atoms with Gasteiger partial charge in [-0.2, -0.15) is 10.4 Å². The van der Waals surface area contributed by atoms with Crippen LogP contribution in [0.1, 0.15) is 16.8 Å². The van der Waals surface area contributed by atoms with Gasteiger partial charge >= 0.3 is 0 Å². The molecule has 5 N–H and O–H groups in total. The number of quaternary nitrogens is 1. The summed E-state index contributed by atoms with van der Waals surface area (Å²) in [5, 5.41) is 18.6. The van der Waals surface area contributed by atoms with Gasteiger partial charge in [0.2, 0.25) is 0 Å². The molecule has 0 aliphatic carbocycles. The molecule has 0 unspecified atom stereocenters. The van der Waals surface area contributed by atoms with Gasteiger partial charge in [-0.05, 0) is 24.3 Å². The Kier molecular flexibility index (Phi) is 4.43. The second kappa shape index (κ2) is 6.44. The lowest BCUT2D eigenvalue weighted by atomic mass is 9.89. The molecule has 1 aromatic carbocycles. The lowest BCUT2D eigenvalue weighted by Crippen LogP contribution is -3.02. The van der Waals surface area contributed by atoms with E-state index in [1.165, 1.54) is 12.1 Å². The van der Waals surface area contributed by atoms with Crippen molar-refractivity contribution in [2.24, 2.45) is 5.73 Å². The fourth-order valence-corrected chi connectivity index (χ4v) is 3.48. The van der Waals surface area contributed by atoms with Crippen LogP contribution in [0.2, 0.25) is 0 Å². The fraction of sp³-hybridized carbons (Fsp3) is 0.312. The maximum atomic E-state index is 11.8. The minimum Gasteiger partial charge on any atom is -0.365 e. The number of hydrogen-bond donors (Lipinski definition) is 3. The van der Waals surface area contributed by atoms with Crippen molar-refractivity contribution in [2.45, 2.75) is 16.9 Å². The largest absolute Gasteiger partial charge is 0.365 e. The molecule has 26 heavy (non-hydrogen) atoms. The van der Waals surface area contributed by atoms with Gasteiger partial charge in [-0.1, -0.05) is 0 Å². The zero-order valence-electron chi connectivity index (χ0n) is 14.1. The van der Waals surface area contributed by atoms with E-state index in [4.69, 9.17) is 11.0 Å². The quantitative estimate of drug-likeness (QED) is 0.609. The van der Waals surface area contributed by atoms with Crippen molar-refractivity contribution in [3.8, 4) is 6.07 Å². The number of sulfone groups is 1. The molecule has 1 fully saturated rings. The molecular formula is C16H19N6O3S+. The third kappa shape index (κ3) is 3.26. The average molecular weight is 375 g/mol. The van der Waals surface area contributed by atoms with Crippen LogP contribution < -0.4 is 16.4 Å². The smallest absolute Gasteiger partial charge is 0.254 e. The number of nitrogens with zero attached hydrogens (tertiary/aromatic N) is 3. The van der Waals surface area contributed by atoms with E-state index in [0.29, 0.717) is 18.8 Å². The van der Waals surface area contributed by atoms with E-state index in [-0.39, 0.29) is 22.7 Å². The van der Waals surface area contributed by atoms with E-state index >= 15 is 0 Å². The Hall–Kier alpha value is -2.90. The van der Waals surface area contributed by atoms with Crippen LogP contribution in [0.3, 0.4) is 0 Å². The molecule has 2 aromatic rings. The van der Waals surface area contributed by atoms with Crippen LogP contribution in [0.5, 0.6) is 0 Å². The highest BCUT2D eigenvalue weighted by Gasteiger charge is 2.45. The zero-order valence-corrected chi connectivity index (χ0v) is 15.0. The molecule has 1 amide bonds. The van der Waals surface area contributed by atoms with Gasteiger partial charge in [-0.3, -0.25) is 9.48 Å². The third-order valence-corrected chi connectivity index (χ3v) is 5.60. The van der Waals surface area contributed by atoms with E-state index < -0.39 is 21.3 Å². The van der Waals surface area contributed by atoms with Gasteiger partial charge < -0.3 is 16.4 Å². The van der Waals surface area contributed by atoms with E-state index in [2.05, 4.69) is 21.8 Å². The summed E-state index contributed by atoms with van der Waals surface area (Å²) in [6.45, 7) is 1.39. The van der Waals surface area contributed by atoms with Crippen LogP contribution >= 0.6 is 0 Å². The molecule has 0 spiro atoms. The highest BCUT2D eigenvalue weighted by Crippen LogP contribution is 2.26. The number of nitrogens with one attached hydrogen (secondary N) is 1. The molecule has 2 heterocycles. The first kappa shape index (κ1) is 17.9. The molecule has 0 atom stereocenters. The number of rotatable bonds is 6. The minimum atomic E-state index is -3.29. The maximum Gasteiger partial charge on any atom is 0.254 e. The van der Waals surface area contributed by atoms with Gasteiger partial charge in [0.1, 0.15) is 18.7 Å². The number of carbonyl (C=O) groups is 1. The molecule has 1 aromatic heterocycles. The Morgan fingerprint density at radius 2 is 2.08 bits per heavy atom. The van der Waals surface area contributed by atoms with Gasteiger partial charge in [0.05, 0.1) is 17.4 Å². The summed E-state index contributed by atoms with van der Waals surface area (Å²) < 4.78 is 24.7. The summed E-state index contributed by atoms with van der Waals surface area (Å²) in [4.78, 5) is 12.0. The number of nitrogens with two attached hydrogens (primary N) is 2. The molecule has 1 aliphatic rings. The Bertz CT molecular complexity index is 984. The second-order valence-electron chi connectivity index (χ2n) is 6.38. The van der Waals surface area contributed by atoms with Gasteiger partial charge in [0.25, 0.3) is 5.91 Å². The monoisotopic (exact) mass is 375 g/mol. The predicted molar refractivity (Wildman–Crippen MR) is 93.4 cm³/mol. The maximum absolute atomic E-state index is 11.8. The second-order valence-corrected chi connectivity index (χ2v) is 8.39. The van der Waals surface area contributed by atoms with Crippen molar-refractivity contribution in [1.29, 1.82) is 5.26 Å². The molecule has 0 bridgehead atoms. The lowest BCUT2D eigenvalue weighted by Gasteiger charge is -2.36. The topological polar surface area (TPSA) is 147 Å². The molecule has 0 radical (unpaired) electrons. The van der Waals surface area contributed by atoms with E-state index in [1.54, 1.807) is 23.0 Å². The highest BCUT2D eigenvalue weighted by molar-refractivity contribution is 7.90. The SMILES string of the molecule is CS(=O)(=O)c1ccc(Nc2nn(C3(CC#N)C[NH2+]C3)cc2C(N)=O)cc1. The summed E-state index contributed by atoms with van der Waals surface area (Å²) in [5.41, 5.74) is 5.79. The average Bonchev–Trinajstić information content (AvgIpc) is 2.94. The Labute approximate surface area is 150 Å². The molecule has 136 valence electrons. The Morgan fingerprint density at radius 3 is 2.54 bits per heavy atom. The number of benzene rings is 1. The van der Waals surface area contributed by atoms with Gasteiger partial charge in [-0.15, -0.1) is 0 Å². The normalized spacial score (nSPS) is 15.7. The van der Waals surface area contributed by atoms with Crippen LogP contribution in [0.4, 0.5) is 11.5 Å². The minimum absolute atomic E-state index is 0.196. The standard InChI is InChI=1S/C16H18N6O3S/c1-26(24,25)12-4-2-11(3-5-12)20-15-13(14(18)23)8-22(21-15)16(6-7-17)9-19-10-16/h2-5,8,19H,6,9-10H2,1H3,(H2,18,23)(H,20,21)/p+1. The number of aromatic nitrogens is 2. The van der Waals surface area contributed by atoms with E-state index in [0.717, 1.165) is 6.26 Å². The summed E-state index contributed by atoms with van der Waals surface area (Å²) in [6, 6.07) is 8.27. The van der Waals surface area contributed by atoms with Crippen LogP contribution in [-0.4, -0.2) is 43.5 Å². The Balaban J connectivity index is 1.92.